The maximum absolute atomic E-state index is 11.0. The van der Waals surface area contributed by atoms with Gasteiger partial charge >= 0.3 is 0 Å². The zero-order valence-electron chi connectivity index (χ0n) is 10.3. The second kappa shape index (κ2) is 10.9. The lowest BCUT2D eigenvalue weighted by Gasteiger charge is -2.13. The minimum atomic E-state index is -0.326. The maximum atomic E-state index is 11.0. The van der Waals surface area contributed by atoms with Crippen LogP contribution in [0.4, 0.5) is 0 Å². The van der Waals surface area contributed by atoms with E-state index in [2.05, 4.69) is 12.2 Å². The third-order valence-electron chi connectivity index (χ3n) is 2.07. The van der Waals surface area contributed by atoms with Crippen molar-refractivity contribution in [3.8, 4) is 0 Å². The Bertz CT molecular complexity index is 177. The summed E-state index contributed by atoms with van der Waals surface area (Å²) in [5.41, 5.74) is 5.22. The van der Waals surface area contributed by atoms with Gasteiger partial charge in [-0.1, -0.05) is 13.8 Å². The zero-order chi connectivity index (χ0) is 12.2. The minimum absolute atomic E-state index is 0.290. The van der Waals surface area contributed by atoms with Crippen molar-refractivity contribution < 1.29 is 14.3 Å². The first kappa shape index (κ1) is 15.3. The van der Waals surface area contributed by atoms with Crippen LogP contribution in [0, 0.1) is 0 Å². The second-order valence-electron chi connectivity index (χ2n) is 3.53. The molecule has 0 aromatic heterocycles. The van der Waals surface area contributed by atoms with Crippen molar-refractivity contribution in [1.29, 1.82) is 0 Å². The SMILES string of the molecule is CCCOCCOCCC(NCC)C(N)=O. The molecule has 0 bridgehead atoms. The van der Waals surface area contributed by atoms with E-state index in [-0.39, 0.29) is 11.9 Å². The lowest BCUT2D eigenvalue weighted by Crippen LogP contribution is -2.41. The van der Waals surface area contributed by atoms with Gasteiger partial charge in [-0.2, -0.15) is 0 Å². The summed E-state index contributed by atoms with van der Waals surface area (Å²) in [6.07, 6.45) is 1.63. The normalized spacial score (nSPS) is 12.6. The number of amides is 1. The Morgan fingerprint density at radius 3 is 2.31 bits per heavy atom. The summed E-state index contributed by atoms with van der Waals surface area (Å²) in [5, 5.41) is 3.01. The van der Waals surface area contributed by atoms with E-state index in [0.29, 0.717) is 26.2 Å². The zero-order valence-corrected chi connectivity index (χ0v) is 10.3. The van der Waals surface area contributed by atoms with E-state index in [4.69, 9.17) is 15.2 Å². The quantitative estimate of drug-likeness (QED) is 0.502. The number of nitrogens with one attached hydrogen (secondary N) is 1. The van der Waals surface area contributed by atoms with Crippen molar-refractivity contribution in [2.75, 3.05) is 33.0 Å². The van der Waals surface area contributed by atoms with E-state index < -0.39 is 0 Å². The highest BCUT2D eigenvalue weighted by Gasteiger charge is 2.12. The number of hydrogen-bond acceptors (Lipinski definition) is 4. The molecule has 0 aromatic rings. The molecule has 0 radical (unpaired) electrons. The van der Waals surface area contributed by atoms with Crippen molar-refractivity contribution in [2.24, 2.45) is 5.73 Å². The van der Waals surface area contributed by atoms with E-state index in [1.165, 1.54) is 0 Å². The Balaban J connectivity index is 3.37. The van der Waals surface area contributed by atoms with E-state index in [0.717, 1.165) is 19.6 Å². The molecule has 0 saturated carbocycles. The highest BCUT2D eigenvalue weighted by molar-refractivity contribution is 5.79. The molecule has 0 aliphatic heterocycles. The lowest BCUT2D eigenvalue weighted by atomic mass is 10.2. The van der Waals surface area contributed by atoms with Crippen LogP contribution in [0.15, 0.2) is 0 Å². The van der Waals surface area contributed by atoms with Gasteiger partial charge in [0.05, 0.1) is 19.3 Å². The summed E-state index contributed by atoms with van der Waals surface area (Å²) in [7, 11) is 0. The summed E-state index contributed by atoms with van der Waals surface area (Å²) >= 11 is 0. The molecule has 0 saturated heterocycles. The highest BCUT2D eigenvalue weighted by atomic mass is 16.5. The summed E-state index contributed by atoms with van der Waals surface area (Å²) in [6, 6.07) is -0.290. The van der Waals surface area contributed by atoms with Crippen LogP contribution in [0.5, 0.6) is 0 Å². The van der Waals surface area contributed by atoms with Gasteiger partial charge in [0, 0.05) is 13.2 Å². The molecule has 0 aliphatic carbocycles. The fraction of sp³-hybridized carbons (Fsp3) is 0.909. The molecule has 0 aliphatic rings. The van der Waals surface area contributed by atoms with Gasteiger partial charge in [-0.25, -0.2) is 0 Å². The van der Waals surface area contributed by atoms with Gasteiger partial charge in [-0.15, -0.1) is 0 Å². The van der Waals surface area contributed by atoms with Crippen molar-refractivity contribution in [3.63, 3.8) is 0 Å². The third kappa shape index (κ3) is 8.64. The van der Waals surface area contributed by atoms with Gasteiger partial charge in [-0.3, -0.25) is 4.79 Å². The number of ether oxygens (including phenoxy) is 2. The summed E-state index contributed by atoms with van der Waals surface area (Å²) in [4.78, 5) is 11.0. The maximum Gasteiger partial charge on any atom is 0.234 e. The topological polar surface area (TPSA) is 73.6 Å². The molecule has 0 spiro atoms. The first-order valence-electron chi connectivity index (χ1n) is 5.90. The molecule has 3 N–H and O–H groups in total. The van der Waals surface area contributed by atoms with Gasteiger partial charge < -0.3 is 20.5 Å². The van der Waals surface area contributed by atoms with Crippen molar-refractivity contribution in [2.45, 2.75) is 32.7 Å². The summed E-state index contributed by atoms with van der Waals surface area (Å²) < 4.78 is 10.6. The van der Waals surface area contributed by atoms with Gasteiger partial charge in [0.15, 0.2) is 0 Å². The Labute approximate surface area is 97.7 Å². The van der Waals surface area contributed by atoms with Crippen LogP contribution in [0.1, 0.15) is 26.7 Å². The molecule has 5 heteroatoms. The van der Waals surface area contributed by atoms with E-state index in [1.54, 1.807) is 0 Å². The van der Waals surface area contributed by atoms with Gasteiger partial charge in [0.25, 0.3) is 0 Å². The van der Waals surface area contributed by atoms with Crippen LogP contribution in [0.25, 0.3) is 0 Å². The van der Waals surface area contributed by atoms with E-state index in [9.17, 15) is 4.79 Å². The fourth-order valence-electron chi connectivity index (χ4n) is 1.26. The number of carbonyl (C=O) groups excluding carboxylic acids is 1. The monoisotopic (exact) mass is 232 g/mol. The molecule has 0 aromatic carbocycles. The number of hydrogen-bond donors (Lipinski definition) is 2. The van der Waals surface area contributed by atoms with Crippen LogP contribution in [0.2, 0.25) is 0 Å². The minimum Gasteiger partial charge on any atom is -0.379 e. The molecule has 16 heavy (non-hydrogen) atoms. The van der Waals surface area contributed by atoms with Crippen molar-refractivity contribution >= 4 is 5.91 Å². The standard InChI is InChI=1S/C11H24N2O3/c1-3-6-15-8-9-16-7-5-10(11(12)14)13-4-2/h10,13H,3-9H2,1-2H3,(H2,12,14). The van der Waals surface area contributed by atoms with Crippen LogP contribution < -0.4 is 11.1 Å². The Morgan fingerprint density at radius 1 is 1.19 bits per heavy atom. The first-order chi connectivity index (χ1) is 7.72. The molecular formula is C11H24N2O3. The second-order valence-corrected chi connectivity index (χ2v) is 3.53. The predicted octanol–water partition coefficient (Wildman–Crippen LogP) is 0.283. The average Bonchev–Trinajstić information content (AvgIpc) is 2.26. The number of likely N-dealkylation sites (N-methyl/N-ethyl adjacent to an activating group) is 1. The average molecular weight is 232 g/mol. The molecule has 0 fully saturated rings. The van der Waals surface area contributed by atoms with Gasteiger partial charge in [0.1, 0.15) is 0 Å². The Kier molecular flexibility index (Phi) is 10.4. The summed E-state index contributed by atoms with van der Waals surface area (Å²) in [5.74, 6) is -0.326. The molecule has 0 rings (SSSR count). The molecule has 1 unspecified atom stereocenters. The highest BCUT2D eigenvalue weighted by Crippen LogP contribution is 1.92. The Morgan fingerprint density at radius 2 is 1.81 bits per heavy atom. The van der Waals surface area contributed by atoms with Crippen LogP contribution in [0.3, 0.4) is 0 Å². The largest absolute Gasteiger partial charge is 0.379 e. The molecule has 96 valence electrons. The number of primary amides is 1. The van der Waals surface area contributed by atoms with E-state index >= 15 is 0 Å². The third-order valence-corrected chi connectivity index (χ3v) is 2.07. The van der Waals surface area contributed by atoms with Crippen molar-refractivity contribution in [3.05, 3.63) is 0 Å². The molecule has 1 atom stereocenters. The first-order valence-corrected chi connectivity index (χ1v) is 5.90. The summed E-state index contributed by atoms with van der Waals surface area (Å²) in [6.45, 7) is 7.20. The Hall–Kier alpha value is -0.650. The number of carbonyl (C=O) groups is 1. The smallest absolute Gasteiger partial charge is 0.234 e. The lowest BCUT2D eigenvalue weighted by molar-refractivity contribution is -0.120. The van der Waals surface area contributed by atoms with E-state index in [1.807, 2.05) is 6.92 Å². The van der Waals surface area contributed by atoms with Crippen LogP contribution in [-0.2, 0) is 14.3 Å². The van der Waals surface area contributed by atoms with Gasteiger partial charge in [0.2, 0.25) is 5.91 Å². The van der Waals surface area contributed by atoms with Crippen molar-refractivity contribution in [1.82, 2.24) is 5.32 Å². The molecular weight excluding hydrogens is 208 g/mol. The molecule has 5 nitrogen and oxygen atoms in total. The molecule has 0 heterocycles. The number of nitrogens with two attached hydrogens (primary N) is 1. The van der Waals surface area contributed by atoms with Crippen LogP contribution >= 0.6 is 0 Å². The van der Waals surface area contributed by atoms with Gasteiger partial charge in [-0.05, 0) is 19.4 Å². The molecule has 1 amide bonds. The number of rotatable bonds is 11. The fourth-order valence-corrected chi connectivity index (χ4v) is 1.26. The van der Waals surface area contributed by atoms with Crippen LogP contribution in [-0.4, -0.2) is 44.9 Å². The predicted molar refractivity (Wildman–Crippen MR) is 63.2 cm³/mol.